The Kier molecular flexibility index (Phi) is 3.75. The van der Waals surface area contributed by atoms with Crippen molar-refractivity contribution in [1.82, 2.24) is 9.55 Å². The summed E-state index contributed by atoms with van der Waals surface area (Å²) in [6.07, 6.45) is 7.32. The number of hydrogen-bond donors (Lipinski definition) is 1. The minimum Gasteiger partial charge on any atom is -0.384 e. The molecule has 1 aromatic heterocycles. The molecule has 1 aliphatic carbocycles. The smallest absolute Gasteiger partial charge is 0.126 e. The lowest BCUT2D eigenvalue weighted by Gasteiger charge is -2.25. The highest BCUT2D eigenvalue weighted by Gasteiger charge is 2.25. The van der Waals surface area contributed by atoms with E-state index in [1.807, 2.05) is 7.05 Å². The Balaban J connectivity index is 2.18. The van der Waals surface area contributed by atoms with Crippen molar-refractivity contribution in [3.8, 4) is 0 Å². The van der Waals surface area contributed by atoms with Crippen molar-refractivity contribution in [3.63, 3.8) is 0 Å². The van der Waals surface area contributed by atoms with Gasteiger partial charge in [0.2, 0.25) is 0 Å². The number of nitrogen functional groups attached to an aromatic ring is 1. The molecule has 0 bridgehead atoms. The maximum atomic E-state index is 6.20. The van der Waals surface area contributed by atoms with Gasteiger partial charge in [0, 0.05) is 19.4 Å². The molecule has 0 radical (unpaired) electrons. The van der Waals surface area contributed by atoms with Crippen LogP contribution in [0.4, 0.5) is 5.82 Å². The average Bonchev–Trinajstić information content (AvgIpc) is 2.59. The lowest BCUT2D eigenvalue weighted by molar-refractivity contribution is 0.345. The van der Waals surface area contributed by atoms with Gasteiger partial charge >= 0.3 is 0 Å². The monoisotopic (exact) mass is 235 g/mol. The van der Waals surface area contributed by atoms with Gasteiger partial charge in [0.05, 0.1) is 5.69 Å². The van der Waals surface area contributed by atoms with Crippen molar-refractivity contribution in [1.29, 1.82) is 0 Å². The summed E-state index contributed by atoms with van der Waals surface area (Å²) >= 11 is 0. The van der Waals surface area contributed by atoms with Gasteiger partial charge in [0.1, 0.15) is 11.6 Å². The molecule has 1 heterocycles. The van der Waals surface area contributed by atoms with Gasteiger partial charge in [-0.25, -0.2) is 4.98 Å². The van der Waals surface area contributed by atoms with Gasteiger partial charge in [-0.2, -0.15) is 0 Å². The highest BCUT2D eigenvalue weighted by Crippen LogP contribution is 2.37. The fourth-order valence-electron chi connectivity index (χ4n) is 2.86. The molecule has 96 valence electrons. The molecule has 0 spiro atoms. The zero-order valence-electron chi connectivity index (χ0n) is 11.4. The summed E-state index contributed by atoms with van der Waals surface area (Å²) in [6.45, 7) is 4.54. The van der Waals surface area contributed by atoms with Crippen LogP contribution in [0.15, 0.2) is 0 Å². The van der Waals surface area contributed by atoms with Crippen molar-refractivity contribution in [2.24, 2.45) is 13.0 Å². The van der Waals surface area contributed by atoms with Crippen molar-refractivity contribution in [3.05, 3.63) is 11.5 Å². The van der Waals surface area contributed by atoms with E-state index in [2.05, 4.69) is 18.4 Å². The molecule has 0 unspecified atom stereocenters. The Morgan fingerprint density at radius 2 is 1.94 bits per heavy atom. The van der Waals surface area contributed by atoms with Gasteiger partial charge in [0.25, 0.3) is 0 Å². The van der Waals surface area contributed by atoms with E-state index < -0.39 is 0 Å². The fourth-order valence-corrected chi connectivity index (χ4v) is 2.86. The summed E-state index contributed by atoms with van der Waals surface area (Å²) < 4.78 is 2.08. The molecule has 0 aliphatic heterocycles. The highest BCUT2D eigenvalue weighted by molar-refractivity contribution is 5.40. The van der Waals surface area contributed by atoms with Crippen molar-refractivity contribution in [2.45, 2.75) is 58.3 Å². The molecule has 0 aromatic carbocycles. The van der Waals surface area contributed by atoms with E-state index in [9.17, 15) is 0 Å². The third-order valence-electron chi connectivity index (χ3n) is 4.14. The minimum atomic E-state index is 0.600. The van der Waals surface area contributed by atoms with Gasteiger partial charge in [-0.15, -0.1) is 0 Å². The number of anilines is 1. The Bertz CT molecular complexity index is 373. The average molecular weight is 235 g/mol. The predicted octanol–water partition coefficient (Wildman–Crippen LogP) is 3.25. The van der Waals surface area contributed by atoms with Gasteiger partial charge in [-0.05, 0) is 25.2 Å². The quantitative estimate of drug-likeness (QED) is 0.874. The third-order valence-corrected chi connectivity index (χ3v) is 4.14. The summed E-state index contributed by atoms with van der Waals surface area (Å²) in [4.78, 5) is 4.79. The summed E-state index contributed by atoms with van der Waals surface area (Å²) in [5, 5.41) is 0. The zero-order chi connectivity index (χ0) is 12.4. The topological polar surface area (TPSA) is 43.8 Å². The minimum absolute atomic E-state index is 0.600. The van der Waals surface area contributed by atoms with E-state index in [1.165, 1.54) is 31.4 Å². The molecule has 3 heteroatoms. The van der Waals surface area contributed by atoms with E-state index in [0.29, 0.717) is 5.92 Å². The molecule has 3 nitrogen and oxygen atoms in total. The Morgan fingerprint density at radius 1 is 1.29 bits per heavy atom. The second-order valence-electron chi connectivity index (χ2n) is 5.56. The molecule has 0 saturated heterocycles. The number of imidazole rings is 1. The summed E-state index contributed by atoms with van der Waals surface area (Å²) in [6, 6.07) is 0. The SMILES string of the molecule is CCCc1nc(C2CCC(C)CC2)c(N)n1C. The Labute approximate surface area is 104 Å². The van der Waals surface area contributed by atoms with Crippen LogP contribution >= 0.6 is 0 Å². The third kappa shape index (κ3) is 2.48. The Morgan fingerprint density at radius 3 is 2.53 bits per heavy atom. The molecular formula is C14H25N3. The number of aromatic nitrogens is 2. The molecule has 0 amide bonds. The molecule has 1 saturated carbocycles. The molecule has 1 aliphatic rings. The van der Waals surface area contributed by atoms with Gasteiger partial charge in [-0.1, -0.05) is 26.7 Å². The first-order valence-corrected chi connectivity index (χ1v) is 6.94. The van der Waals surface area contributed by atoms with E-state index in [1.54, 1.807) is 0 Å². The molecule has 1 fully saturated rings. The van der Waals surface area contributed by atoms with Crippen LogP contribution in [-0.4, -0.2) is 9.55 Å². The van der Waals surface area contributed by atoms with E-state index >= 15 is 0 Å². The summed E-state index contributed by atoms with van der Waals surface area (Å²) in [5.41, 5.74) is 7.37. The Hall–Kier alpha value is -0.990. The second kappa shape index (κ2) is 5.11. The number of hydrogen-bond acceptors (Lipinski definition) is 2. The van der Waals surface area contributed by atoms with Crippen LogP contribution in [0.2, 0.25) is 0 Å². The van der Waals surface area contributed by atoms with Crippen LogP contribution in [0.5, 0.6) is 0 Å². The lowest BCUT2D eigenvalue weighted by atomic mass is 9.81. The van der Waals surface area contributed by atoms with Gasteiger partial charge < -0.3 is 10.3 Å². The molecule has 2 N–H and O–H groups in total. The van der Waals surface area contributed by atoms with Crippen LogP contribution in [0.3, 0.4) is 0 Å². The lowest BCUT2D eigenvalue weighted by Crippen LogP contribution is -2.12. The predicted molar refractivity (Wildman–Crippen MR) is 72.0 cm³/mol. The zero-order valence-corrected chi connectivity index (χ0v) is 11.4. The summed E-state index contributed by atoms with van der Waals surface area (Å²) in [7, 11) is 2.04. The molecular weight excluding hydrogens is 210 g/mol. The van der Waals surface area contributed by atoms with E-state index in [0.717, 1.165) is 30.4 Å². The van der Waals surface area contributed by atoms with Crippen molar-refractivity contribution in [2.75, 3.05) is 5.73 Å². The maximum Gasteiger partial charge on any atom is 0.126 e. The molecule has 0 atom stereocenters. The molecule has 17 heavy (non-hydrogen) atoms. The largest absolute Gasteiger partial charge is 0.384 e. The maximum absolute atomic E-state index is 6.20. The molecule has 2 rings (SSSR count). The highest BCUT2D eigenvalue weighted by atomic mass is 15.1. The van der Waals surface area contributed by atoms with Crippen molar-refractivity contribution >= 4 is 5.82 Å². The van der Waals surface area contributed by atoms with Crippen LogP contribution < -0.4 is 5.73 Å². The van der Waals surface area contributed by atoms with E-state index in [4.69, 9.17) is 10.7 Å². The molecule has 1 aromatic rings. The van der Waals surface area contributed by atoms with Crippen LogP contribution in [-0.2, 0) is 13.5 Å². The first-order chi connectivity index (χ1) is 8.13. The summed E-state index contributed by atoms with van der Waals surface area (Å²) in [5.74, 6) is 3.53. The van der Waals surface area contributed by atoms with Gasteiger partial charge in [-0.3, -0.25) is 0 Å². The normalized spacial score (nSPS) is 25.1. The number of nitrogens with zero attached hydrogens (tertiary/aromatic N) is 2. The number of aryl methyl sites for hydroxylation is 1. The first-order valence-electron chi connectivity index (χ1n) is 6.94. The van der Waals surface area contributed by atoms with Crippen LogP contribution in [0.1, 0.15) is 63.4 Å². The number of rotatable bonds is 3. The second-order valence-corrected chi connectivity index (χ2v) is 5.56. The van der Waals surface area contributed by atoms with E-state index in [-0.39, 0.29) is 0 Å². The standard InChI is InChI=1S/C14H25N3/c1-4-5-12-16-13(14(15)17(12)3)11-8-6-10(2)7-9-11/h10-11H,4-9,15H2,1-3H3. The van der Waals surface area contributed by atoms with Gasteiger partial charge in [0.15, 0.2) is 0 Å². The van der Waals surface area contributed by atoms with Crippen molar-refractivity contribution < 1.29 is 0 Å². The van der Waals surface area contributed by atoms with Crippen LogP contribution in [0, 0.1) is 5.92 Å². The first kappa shape index (κ1) is 12.5. The van der Waals surface area contributed by atoms with Crippen LogP contribution in [0.25, 0.3) is 0 Å². The number of nitrogens with two attached hydrogens (primary N) is 1. The fraction of sp³-hybridized carbons (Fsp3) is 0.786.